The average Bonchev–Trinajstić information content (AvgIpc) is 3.58. The highest BCUT2D eigenvalue weighted by Gasteiger charge is 2.49. The summed E-state index contributed by atoms with van der Waals surface area (Å²) in [7, 11) is 2.07. The van der Waals surface area contributed by atoms with Gasteiger partial charge in [-0.1, -0.05) is 48.5 Å². The van der Waals surface area contributed by atoms with Gasteiger partial charge < -0.3 is 19.4 Å². The summed E-state index contributed by atoms with van der Waals surface area (Å²) in [5.74, 6) is -0.402. The van der Waals surface area contributed by atoms with Gasteiger partial charge in [0.2, 0.25) is 11.8 Å². The molecule has 2 aromatic heterocycles. The molecule has 3 atom stereocenters. The highest BCUT2D eigenvalue weighted by molar-refractivity contribution is 6.36. The maximum Gasteiger partial charge on any atom is 0.246 e. The molecule has 10 heteroatoms. The monoisotopic (exact) mass is 610 g/mol. The van der Waals surface area contributed by atoms with Gasteiger partial charge in [0.1, 0.15) is 17.8 Å². The van der Waals surface area contributed by atoms with E-state index in [1.807, 2.05) is 35.2 Å². The lowest BCUT2D eigenvalue weighted by molar-refractivity contribution is -0.127. The molecule has 7 rings (SSSR count). The summed E-state index contributed by atoms with van der Waals surface area (Å²) in [4.78, 5) is 28.2. The quantitative estimate of drug-likeness (QED) is 0.246. The van der Waals surface area contributed by atoms with Gasteiger partial charge in [0.05, 0.1) is 35.8 Å². The van der Waals surface area contributed by atoms with Crippen LogP contribution in [0.3, 0.4) is 0 Å². The lowest BCUT2D eigenvalue weighted by Crippen LogP contribution is -2.63. The number of carbonyl (C=O) groups excluding carboxylic acids is 1. The number of likely N-dealkylation sites (tertiary alicyclic amines) is 2. The van der Waals surface area contributed by atoms with E-state index in [9.17, 15) is 10.1 Å². The van der Waals surface area contributed by atoms with Gasteiger partial charge in [-0.15, -0.1) is 0 Å². The fourth-order valence-electron chi connectivity index (χ4n) is 7.19. The summed E-state index contributed by atoms with van der Waals surface area (Å²) in [6, 6.07) is 13.7. The summed E-state index contributed by atoms with van der Waals surface area (Å²) in [6.45, 7) is 6.20. The van der Waals surface area contributed by atoms with Crippen LogP contribution in [-0.2, 0) is 11.2 Å². The zero-order chi connectivity index (χ0) is 30.5. The second-order valence-electron chi connectivity index (χ2n) is 11.8. The van der Waals surface area contributed by atoms with E-state index in [0.29, 0.717) is 52.3 Å². The predicted octanol–water partition coefficient (Wildman–Crippen LogP) is 5.76. The topological polar surface area (TPSA) is 85.6 Å². The molecule has 0 radical (unpaired) electrons. The van der Waals surface area contributed by atoms with Crippen LogP contribution in [0.25, 0.3) is 32.9 Å². The number of ether oxygens (including phenoxy) is 1. The molecule has 4 aromatic rings. The predicted molar refractivity (Wildman–Crippen MR) is 169 cm³/mol. The summed E-state index contributed by atoms with van der Waals surface area (Å²) in [5.41, 5.74) is 2.18. The number of aromatic nitrogens is 2. The summed E-state index contributed by atoms with van der Waals surface area (Å²) in [6.07, 6.45) is 5.87. The number of rotatable bonds is 7. The number of pyridine rings is 2. The number of fused-ring (bicyclic) bond motifs is 3. The smallest absolute Gasteiger partial charge is 0.246 e. The van der Waals surface area contributed by atoms with Gasteiger partial charge in [-0.2, -0.15) is 5.26 Å². The number of amides is 1. The molecular weight excluding hydrogens is 579 g/mol. The van der Waals surface area contributed by atoms with Crippen LogP contribution in [-0.4, -0.2) is 77.1 Å². The molecule has 3 aliphatic rings. The minimum atomic E-state index is -0.575. The molecule has 3 aliphatic heterocycles. The van der Waals surface area contributed by atoms with Crippen molar-refractivity contribution in [2.24, 2.45) is 0 Å². The molecule has 0 spiro atoms. The zero-order valence-electron chi connectivity index (χ0n) is 24.5. The van der Waals surface area contributed by atoms with Gasteiger partial charge >= 0.3 is 0 Å². The molecular formula is C34H32ClFN6O2. The maximum absolute atomic E-state index is 16.8. The molecule has 3 fully saturated rings. The van der Waals surface area contributed by atoms with Crippen LogP contribution in [0.1, 0.15) is 24.8 Å². The van der Waals surface area contributed by atoms with Gasteiger partial charge in [-0.05, 0) is 50.4 Å². The Morgan fingerprint density at radius 2 is 2.05 bits per heavy atom. The minimum Gasteiger partial charge on any atom is -0.476 e. The van der Waals surface area contributed by atoms with Crippen molar-refractivity contribution in [3.05, 3.63) is 71.7 Å². The molecule has 1 amide bonds. The van der Waals surface area contributed by atoms with E-state index in [-0.39, 0.29) is 47.5 Å². The van der Waals surface area contributed by atoms with Gasteiger partial charge in [0.15, 0.2) is 5.82 Å². The van der Waals surface area contributed by atoms with Crippen molar-refractivity contribution >= 4 is 44.9 Å². The molecule has 0 bridgehead atoms. The standard InChI is InChI=1S/C34H32ClFN6O2/c1-3-28(43)41-16-13-26-27(41)18-42(26)33-23(12-14-37)34(44-19-21-9-6-15-40(21)2)39-32-24(33)17-38-31(30(32)36)22-10-4-7-20-8-5-11-25(35)29(20)22/h3-5,7-8,10-11,17,21,26-27H,1,6,9,12-13,15-16,18-19H2,2H3/t21?,26-,27-/m1/s1. The summed E-state index contributed by atoms with van der Waals surface area (Å²) >= 11 is 6.61. The Kier molecular flexibility index (Phi) is 7.35. The minimum absolute atomic E-state index is 0.0186. The third-order valence-electron chi connectivity index (χ3n) is 9.49. The number of nitrogens with zero attached hydrogens (tertiary/aromatic N) is 6. The van der Waals surface area contributed by atoms with E-state index >= 15 is 4.39 Å². The first kappa shape index (κ1) is 28.5. The fraction of sp³-hybridized carbons (Fsp3) is 0.353. The van der Waals surface area contributed by atoms with Crippen LogP contribution in [0.2, 0.25) is 5.02 Å². The van der Waals surface area contributed by atoms with E-state index < -0.39 is 5.82 Å². The Hall–Kier alpha value is -4.26. The molecule has 0 N–H and O–H groups in total. The SMILES string of the molecule is C=CC(=O)N1CC[C@@H]2[C@H]1CN2c1c(CC#N)c(OCC2CCCN2C)nc2c(F)c(-c3cccc4cccc(Cl)c34)ncc12. The third kappa shape index (κ3) is 4.56. The van der Waals surface area contributed by atoms with Gasteiger partial charge in [-0.3, -0.25) is 9.78 Å². The van der Waals surface area contributed by atoms with E-state index in [4.69, 9.17) is 21.3 Å². The Labute approximate surface area is 260 Å². The molecule has 2 aromatic carbocycles. The summed E-state index contributed by atoms with van der Waals surface area (Å²) < 4.78 is 23.2. The molecule has 8 nitrogen and oxygen atoms in total. The summed E-state index contributed by atoms with van der Waals surface area (Å²) in [5, 5.41) is 12.5. The van der Waals surface area contributed by atoms with Crippen molar-refractivity contribution in [3.63, 3.8) is 0 Å². The Balaban J connectivity index is 1.39. The number of likely N-dealkylation sites (N-methyl/N-ethyl adjacent to an activating group) is 1. The van der Waals surface area contributed by atoms with E-state index in [0.717, 1.165) is 31.2 Å². The maximum atomic E-state index is 16.8. The number of anilines is 1. The van der Waals surface area contributed by atoms with Gasteiger partial charge in [-0.25, -0.2) is 9.37 Å². The number of hydrogen-bond acceptors (Lipinski definition) is 7. The molecule has 0 saturated carbocycles. The van der Waals surface area contributed by atoms with Crippen LogP contribution in [0, 0.1) is 17.1 Å². The molecule has 44 heavy (non-hydrogen) atoms. The van der Waals surface area contributed by atoms with Crippen LogP contribution in [0.5, 0.6) is 5.88 Å². The lowest BCUT2D eigenvalue weighted by atomic mass is 9.92. The fourth-order valence-corrected chi connectivity index (χ4v) is 7.48. The lowest BCUT2D eigenvalue weighted by Gasteiger charge is -2.49. The molecule has 1 unspecified atom stereocenters. The number of nitriles is 1. The molecule has 5 heterocycles. The van der Waals surface area contributed by atoms with E-state index in [1.54, 1.807) is 12.3 Å². The second-order valence-corrected chi connectivity index (χ2v) is 12.2. The Morgan fingerprint density at radius 3 is 2.80 bits per heavy atom. The third-order valence-corrected chi connectivity index (χ3v) is 9.81. The first-order valence-corrected chi connectivity index (χ1v) is 15.4. The van der Waals surface area contributed by atoms with Crippen LogP contribution in [0.4, 0.5) is 10.1 Å². The van der Waals surface area contributed by atoms with Crippen LogP contribution in [0.15, 0.2) is 55.3 Å². The highest BCUT2D eigenvalue weighted by Crippen LogP contribution is 2.45. The normalized spacial score (nSPS) is 21.4. The van der Waals surface area contributed by atoms with Crippen molar-refractivity contribution in [3.8, 4) is 23.2 Å². The zero-order valence-corrected chi connectivity index (χ0v) is 25.2. The largest absolute Gasteiger partial charge is 0.476 e. The van der Waals surface area contributed by atoms with Crippen molar-refractivity contribution in [1.29, 1.82) is 5.26 Å². The number of carbonyl (C=O) groups is 1. The van der Waals surface area contributed by atoms with Crippen molar-refractivity contribution < 1.29 is 13.9 Å². The van der Waals surface area contributed by atoms with Crippen molar-refractivity contribution in [2.45, 2.75) is 43.8 Å². The van der Waals surface area contributed by atoms with Crippen molar-refractivity contribution in [2.75, 3.05) is 38.2 Å². The average molecular weight is 611 g/mol. The molecule has 224 valence electrons. The Bertz CT molecular complexity index is 1850. The number of halogens is 2. The van der Waals surface area contributed by atoms with E-state index in [1.165, 1.54) is 6.08 Å². The van der Waals surface area contributed by atoms with Crippen LogP contribution >= 0.6 is 11.6 Å². The second kappa shape index (κ2) is 11.3. The van der Waals surface area contributed by atoms with Gasteiger partial charge in [0.25, 0.3) is 0 Å². The molecule has 3 saturated heterocycles. The van der Waals surface area contributed by atoms with E-state index in [2.05, 4.69) is 34.5 Å². The first-order valence-electron chi connectivity index (χ1n) is 15.0. The molecule has 0 aliphatic carbocycles. The van der Waals surface area contributed by atoms with Crippen molar-refractivity contribution in [1.82, 2.24) is 19.8 Å². The number of benzene rings is 2. The first-order chi connectivity index (χ1) is 21.4. The highest BCUT2D eigenvalue weighted by atomic mass is 35.5. The van der Waals surface area contributed by atoms with Crippen LogP contribution < -0.4 is 9.64 Å². The Morgan fingerprint density at radius 1 is 1.23 bits per heavy atom. The number of hydrogen-bond donors (Lipinski definition) is 0. The van der Waals surface area contributed by atoms with Gasteiger partial charge in [0, 0.05) is 46.7 Å².